The Balaban J connectivity index is 1.96. The SMILES string of the molecule is CC[C@H](NS(=O)(=O)c1cccc2nonc12)c1ccc(Cl)cc1. The molecule has 120 valence electrons. The van der Waals surface area contributed by atoms with Crippen LogP contribution < -0.4 is 4.72 Å². The van der Waals surface area contributed by atoms with Gasteiger partial charge in [-0.25, -0.2) is 17.8 Å². The number of halogens is 1. The fourth-order valence-corrected chi connectivity index (χ4v) is 3.92. The van der Waals surface area contributed by atoms with Crippen LogP contribution in [0, 0.1) is 0 Å². The Kier molecular flexibility index (Phi) is 4.34. The summed E-state index contributed by atoms with van der Waals surface area (Å²) in [5.41, 5.74) is 1.45. The van der Waals surface area contributed by atoms with E-state index in [2.05, 4.69) is 19.7 Å². The van der Waals surface area contributed by atoms with Crippen molar-refractivity contribution in [2.45, 2.75) is 24.3 Å². The molecule has 6 nitrogen and oxygen atoms in total. The molecule has 23 heavy (non-hydrogen) atoms. The van der Waals surface area contributed by atoms with E-state index in [-0.39, 0.29) is 16.5 Å². The highest BCUT2D eigenvalue weighted by atomic mass is 35.5. The summed E-state index contributed by atoms with van der Waals surface area (Å²) in [6.45, 7) is 1.90. The molecular weight excluding hydrogens is 338 g/mol. The van der Waals surface area contributed by atoms with Crippen LogP contribution in [0.5, 0.6) is 0 Å². The first kappa shape index (κ1) is 15.9. The van der Waals surface area contributed by atoms with Crippen LogP contribution in [-0.2, 0) is 10.0 Å². The number of nitrogens with one attached hydrogen (secondary N) is 1. The number of fused-ring (bicyclic) bond motifs is 1. The van der Waals surface area contributed by atoms with Crippen LogP contribution in [-0.4, -0.2) is 18.7 Å². The second-order valence-electron chi connectivity index (χ2n) is 5.02. The molecule has 2 aromatic carbocycles. The molecule has 1 N–H and O–H groups in total. The molecule has 0 aliphatic carbocycles. The molecular formula is C15H14ClN3O3S. The smallest absolute Gasteiger partial charge is 0.243 e. The van der Waals surface area contributed by atoms with E-state index in [0.717, 1.165) is 5.56 Å². The van der Waals surface area contributed by atoms with Gasteiger partial charge in [-0.3, -0.25) is 0 Å². The lowest BCUT2D eigenvalue weighted by molar-refractivity contribution is 0.315. The van der Waals surface area contributed by atoms with Crippen molar-refractivity contribution < 1.29 is 13.0 Å². The molecule has 0 amide bonds. The van der Waals surface area contributed by atoms with Crippen LogP contribution >= 0.6 is 11.6 Å². The summed E-state index contributed by atoms with van der Waals surface area (Å²) in [5.74, 6) is 0. The topological polar surface area (TPSA) is 85.1 Å². The molecule has 0 radical (unpaired) electrons. The highest BCUT2D eigenvalue weighted by molar-refractivity contribution is 7.89. The summed E-state index contributed by atoms with van der Waals surface area (Å²) in [7, 11) is -3.77. The van der Waals surface area contributed by atoms with Crippen molar-refractivity contribution in [1.29, 1.82) is 0 Å². The predicted molar refractivity (Wildman–Crippen MR) is 86.6 cm³/mol. The molecule has 3 rings (SSSR count). The van der Waals surface area contributed by atoms with Crippen molar-refractivity contribution in [3.05, 3.63) is 53.1 Å². The third kappa shape index (κ3) is 3.21. The van der Waals surface area contributed by atoms with Gasteiger partial charge >= 0.3 is 0 Å². The van der Waals surface area contributed by atoms with E-state index >= 15 is 0 Å². The number of hydrogen-bond acceptors (Lipinski definition) is 5. The van der Waals surface area contributed by atoms with Gasteiger partial charge in [0.1, 0.15) is 10.4 Å². The van der Waals surface area contributed by atoms with Crippen LogP contribution in [0.4, 0.5) is 0 Å². The third-order valence-electron chi connectivity index (χ3n) is 3.52. The highest BCUT2D eigenvalue weighted by Gasteiger charge is 2.24. The van der Waals surface area contributed by atoms with Gasteiger partial charge in [0, 0.05) is 11.1 Å². The van der Waals surface area contributed by atoms with Crippen molar-refractivity contribution in [2.75, 3.05) is 0 Å². The van der Waals surface area contributed by atoms with Gasteiger partial charge in [0.2, 0.25) is 10.0 Å². The normalized spacial score (nSPS) is 13.3. The number of nitrogens with zero attached hydrogens (tertiary/aromatic N) is 2. The molecule has 0 spiro atoms. The molecule has 0 aliphatic rings. The van der Waals surface area contributed by atoms with E-state index in [1.165, 1.54) is 6.07 Å². The number of benzene rings is 2. The predicted octanol–water partition coefficient (Wildman–Crippen LogP) is 3.31. The van der Waals surface area contributed by atoms with Gasteiger partial charge in [0.25, 0.3) is 0 Å². The van der Waals surface area contributed by atoms with Crippen molar-refractivity contribution in [3.8, 4) is 0 Å². The van der Waals surface area contributed by atoms with Gasteiger partial charge in [0.05, 0.1) is 0 Å². The number of aromatic nitrogens is 2. The Bertz CT molecular complexity index is 923. The van der Waals surface area contributed by atoms with Gasteiger partial charge in [-0.15, -0.1) is 0 Å². The van der Waals surface area contributed by atoms with Crippen LogP contribution in [0.2, 0.25) is 5.02 Å². The lowest BCUT2D eigenvalue weighted by Crippen LogP contribution is -2.28. The summed E-state index contributed by atoms with van der Waals surface area (Å²) < 4.78 is 32.7. The van der Waals surface area contributed by atoms with E-state index in [0.29, 0.717) is 17.0 Å². The fraction of sp³-hybridized carbons (Fsp3) is 0.200. The number of sulfonamides is 1. The lowest BCUT2D eigenvalue weighted by atomic mass is 10.1. The van der Waals surface area contributed by atoms with E-state index in [1.807, 2.05) is 6.92 Å². The van der Waals surface area contributed by atoms with Crippen LogP contribution in [0.1, 0.15) is 24.9 Å². The minimum Gasteiger partial charge on any atom is -0.243 e. The molecule has 1 heterocycles. The minimum atomic E-state index is -3.77. The Morgan fingerprint density at radius 1 is 1.17 bits per heavy atom. The first-order chi connectivity index (χ1) is 11.0. The molecule has 0 unspecified atom stereocenters. The zero-order valence-corrected chi connectivity index (χ0v) is 13.8. The Morgan fingerprint density at radius 2 is 1.91 bits per heavy atom. The fourth-order valence-electron chi connectivity index (χ4n) is 2.33. The third-order valence-corrected chi connectivity index (χ3v) is 5.27. The lowest BCUT2D eigenvalue weighted by Gasteiger charge is -2.17. The summed E-state index contributed by atoms with van der Waals surface area (Å²) in [6, 6.07) is 11.4. The molecule has 0 fully saturated rings. The second-order valence-corrected chi connectivity index (χ2v) is 7.14. The van der Waals surface area contributed by atoms with Gasteiger partial charge in [-0.05, 0) is 46.6 Å². The van der Waals surface area contributed by atoms with E-state index in [4.69, 9.17) is 11.6 Å². The maximum atomic E-state index is 12.7. The van der Waals surface area contributed by atoms with E-state index in [9.17, 15) is 8.42 Å². The van der Waals surface area contributed by atoms with Crippen LogP contribution in [0.15, 0.2) is 52.0 Å². The molecule has 0 aliphatic heterocycles. The van der Waals surface area contributed by atoms with E-state index in [1.54, 1.807) is 36.4 Å². The largest absolute Gasteiger partial charge is 0.243 e. The summed E-state index contributed by atoms with van der Waals surface area (Å²) in [4.78, 5) is 0.0451. The zero-order chi connectivity index (χ0) is 16.4. The monoisotopic (exact) mass is 351 g/mol. The minimum absolute atomic E-state index is 0.0451. The average Bonchev–Trinajstić information content (AvgIpc) is 3.02. The van der Waals surface area contributed by atoms with Gasteiger partial charge < -0.3 is 0 Å². The highest BCUT2D eigenvalue weighted by Crippen LogP contribution is 2.24. The quantitative estimate of drug-likeness (QED) is 0.762. The van der Waals surface area contributed by atoms with Crippen molar-refractivity contribution >= 4 is 32.7 Å². The summed E-state index contributed by atoms with van der Waals surface area (Å²) in [6.07, 6.45) is 0.591. The Morgan fingerprint density at radius 3 is 2.61 bits per heavy atom. The molecule has 1 atom stereocenters. The van der Waals surface area contributed by atoms with Gasteiger partial charge in [0.15, 0.2) is 5.52 Å². The summed E-state index contributed by atoms with van der Waals surface area (Å²) >= 11 is 5.88. The maximum Gasteiger partial charge on any atom is 0.243 e. The number of rotatable bonds is 5. The van der Waals surface area contributed by atoms with Crippen LogP contribution in [0.25, 0.3) is 11.0 Å². The van der Waals surface area contributed by atoms with Crippen molar-refractivity contribution in [2.24, 2.45) is 0 Å². The Hall–Kier alpha value is -1.96. The van der Waals surface area contributed by atoms with Crippen LogP contribution in [0.3, 0.4) is 0 Å². The van der Waals surface area contributed by atoms with Crippen molar-refractivity contribution in [1.82, 2.24) is 15.0 Å². The standard InChI is InChI=1S/C15H14ClN3O3S/c1-2-12(10-6-8-11(16)9-7-10)19-23(20,21)14-5-3-4-13-15(14)18-22-17-13/h3-9,12,19H,2H2,1H3/t12-/m0/s1. The van der Waals surface area contributed by atoms with Crippen molar-refractivity contribution in [3.63, 3.8) is 0 Å². The summed E-state index contributed by atoms with van der Waals surface area (Å²) in [5, 5.41) is 7.95. The zero-order valence-electron chi connectivity index (χ0n) is 12.2. The molecule has 3 aromatic rings. The molecule has 0 saturated carbocycles. The average molecular weight is 352 g/mol. The first-order valence-corrected chi connectivity index (χ1v) is 8.86. The molecule has 8 heteroatoms. The molecule has 0 saturated heterocycles. The van der Waals surface area contributed by atoms with Gasteiger partial charge in [-0.1, -0.05) is 36.7 Å². The Labute approximate surface area is 138 Å². The number of hydrogen-bond donors (Lipinski definition) is 1. The molecule has 0 bridgehead atoms. The van der Waals surface area contributed by atoms with E-state index < -0.39 is 10.0 Å². The second kappa shape index (κ2) is 6.27. The maximum absolute atomic E-state index is 12.7. The molecule has 1 aromatic heterocycles. The van der Waals surface area contributed by atoms with Gasteiger partial charge in [-0.2, -0.15) is 0 Å². The first-order valence-electron chi connectivity index (χ1n) is 7.00.